The number of methoxy groups -OCH3 is 1. The molecule has 0 N–H and O–H groups in total. The molecule has 0 aliphatic heterocycles. The average Bonchev–Trinajstić information content (AvgIpc) is 3.72. The zero-order chi connectivity index (χ0) is 36.5. The van der Waals surface area contributed by atoms with E-state index in [4.69, 9.17) is 18.9 Å². The molecule has 0 saturated heterocycles. The molecule has 0 saturated carbocycles. The Morgan fingerprint density at radius 1 is 0.604 bits per heavy atom. The highest BCUT2D eigenvalue weighted by atomic mass is 16.5. The van der Waals surface area contributed by atoms with E-state index < -0.39 is 0 Å². The minimum atomic E-state index is -0.135. The molecule has 0 radical (unpaired) electrons. The number of aromatic nitrogens is 2. The van der Waals surface area contributed by atoms with Gasteiger partial charge < -0.3 is 18.9 Å². The predicted octanol–water partition coefficient (Wildman–Crippen LogP) is 9.22. The van der Waals surface area contributed by atoms with Gasteiger partial charge in [-0.25, -0.2) is 0 Å². The van der Waals surface area contributed by atoms with Crippen molar-refractivity contribution in [2.24, 2.45) is 5.92 Å². The van der Waals surface area contributed by atoms with Crippen molar-refractivity contribution < 1.29 is 18.9 Å². The van der Waals surface area contributed by atoms with Gasteiger partial charge in [-0.05, 0) is 59.9 Å². The fraction of sp³-hybridized carbons (Fsp3) is 0.289. The summed E-state index contributed by atoms with van der Waals surface area (Å²) >= 11 is 0. The molecule has 8 aromatic rings. The van der Waals surface area contributed by atoms with E-state index >= 15 is 9.59 Å². The van der Waals surface area contributed by atoms with Gasteiger partial charge in [0.25, 0.3) is 11.1 Å². The van der Waals surface area contributed by atoms with Gasteiger partial charge in [0.2, 0.25) is 0 Å². The first-order chi connectivity index (χ1) is 26.0. The van der Waals surface area contributed by atoms with Crippen LogP contribution in [0, 0.1) is 5.92 Å². The lowest BCUT2D eigenvalue weighted by Gasteiger charge is -2.16. The Morgan fingerprint density at radius 2 is 1.11 bits per heavy atom. The molecule has 1 atom stereocenters. The Balaban J connectivity index is 1.29. The van der Waals surface area contributed by atoms with Crippen molar-refractivity contribution in [3.05, 3.63) is 118 Å². The molecule has 4 aromatic carbocycles. The number of para-hydroxylation sites is 2. The van der Waals surface area contributed by atoms with Crippen LogP contribution in [0.3, 0.4) is 0 Å². The first kappa shape index (κ1) is 34.6. The van der Waals surface area contributed by atoms with Crippen LogP contribution >= 0.6 is 0 Å². The maximum Gasteiger partial charge on any atom is 0.264 e. The number of ether oxygens (including phenoxy) is 4. The highest BCUT2D eigenvalue weighted by molar-refractivity contribution is 6.28. The van der Waals surface area contributed by atoms with Crippen LogP contribution in [0.4, 0.5) is 0 Å². The third-order valence-corrected chi connectivity index (χ3v) is 10.6. The number of hydrogen-bond donors (Lipinski definition) is 0. The molecule has 8 nitrogen and oxygen atoms in total. The predicted molar refractivity (Wildman–Crippen MR) is 214 cm³/mol. The fourth-order valence-corrected chi connectivity index (χ4v) is 7.84. The second-order valence-corrected chi connectivity index (χ2v) is 13.7. The smallest absolute Gasteiger partial charge is 0.264 e. The van der Waals surface area contributed by atoms with Crippen molar-refractivity contribution in [2.45, 2.75) is 39.5 Å². The Bertz CT molecular complexity index is 2620. The number of fused-ring (bicyclic) bond motifs is 6. The molecule has 53 heavy (non-hydrogen) atoms. The summed E-state index contributed by atoms with van der Waals surface area (Å²) in [4.78, 5) is 30.0. The normalized spacial score (nSPS) is 12.6. The van der Waals surface area contributed by atoms with Crippen LogP contribution in [0.1, 0.15) is 39.5 Å². The Kier molecular flexibility index (Phi) is 9.73. The molecule has 0 aliphatic rings. The first-order valence-electron chi connectivity index (χ1n) is 18.7. The van der Waals surface area contributed by atoms with Crippen molar-refractivity contribution >= 4 is 43.6 Å². The van der Waals surface area contributed by atoms with Gasteiger partial charge in [-0.3, -0.25) is 18.4 Å². The molecule has 0 amide bonds. The van der Waals surface area contributed by atoms with Gasteiger partial charge >= 0.3 is 0 Å². The zero-order valence-electron chi connectivity index (χ0n) is 30.5. The van der Waals surface area contributed by atoms with Gasteiger partial charge in [-0.15, -0.1) is 0 Å². The number of nitrogens with zero attached hydrogens (tertiary/aromatic N) is 2. The van der Waals surface area contributed by atoms with Crippen LogP contribution in [0.25, 0.3) is 65.9 Å². The van der Waals surface area contributed by atoms with E-state index in [0.717, 1.165) is 73.3 Å². The number of rotatable bonds is 16. The van der Waals surface area contributed by atoms with Crippen molar-refractivity contribution in [3.63, 3.8) is 0 Å². The van der Waals surface area contributed by atoms with Crippen molar-refractivity contribution in [1.82, 2.24) is 8.80 Å². The van der Waals surface area contributed by atoms with Gasteiger partial charge in [0.1, 0.15) is 18.1 Å². The molecular formula is C45H44N2O6. The van der Waals surface area contributed by atoms with Gasteiger partial charge in [-0.2, -0.15) is 0 Å². The number of benzene rings is 4. The molecular weight excluding hydrogens is 665 g/mol. The van der Waals surface area contributed by atoms with Crippen LogP contribution in [0.15, 0.2) is 107 Å². The second-order valence-electron chi connectivity index (χ2n) is 13.7. The number of unbranched alkanes of at least 4 members (excludes halogenated alkanes) is 1. The molecule has 4 aromatic heterocycles. The van der Waals surface area contributed by atoms with E-state index in [-0.39, 0.29) is 11.1 Å². The maximum absolute atomic E-state index is 15.0. The van der Waals surface area contributed by atoms with Gasteiger partial charge in [0.15, 0.2) is 0 Å². The highest BCUT2D eigenvalue weighted by Gasteiger charge is 2.29. The van der Waals surface area contributed by atoms with Crippen LogP contribution < -0.4 is 20.6 Å². The van der Waals surface area contributed by atoms with Gasteiger partial charge in [0.05, 0.1) is 59.6 Å². The molecule has 0 bridgehead atoms. The van der Waals surface area contributed by atoms with E-state index in [9.17, 15) is 0 Å². The molecule has 0 aliphatic carbocycles. The summed E-state index contributed by atoms with van der Waals surface area (Å²) in [6.07, 6.45) is 4.61. The molecule has 4 heterocycles. The third-order valence-electron chi connectivity index (χ3n) is 10.6. The first-order valence-corrected chi connectivity index (χ1v) is 18.7. The largest absolute Gasteiger partial charge is 0.493 e. The summed E-state index contributed by atoms with van der Waals surface area (Å²) in [5.74, 6) is 1.98. The van der Waals surface area contributed by atoms with Crippen LogP contribution in [-0.2, 0) is 9.47 Å². The van der Waals surface area contributed by atoms with E-state index in [1.165, 1.54) is 12.8 Å². The summed E-state index contributed by atoms with van der Waals surface area (Å²) in [6, 6.07) is 31.2. The van der Waals surface area contributed by atoms with Crippen LogP contribution in [0.2, 0.25) is 0 Å². The highest BCUT2D eigenvalue weighted by Crippen LogP contribution is 2.43. The van der Waals surface area contributed by atoms with Crippen molar-refractivity contribution in [3.8, 4) is 33.8 Å². The minimum absolute atomic E-state index is 0.123. The molecule has 8 rings (SSSR count). The standard InChI is InChI=1S/C45H44N2O6/c1-4-6-11-29(5-2)28-53-33-22-18-31(19-23-33)39-41-35-13-8-10-15-37(35)46-43(41)42-40(34-12-7-9-14-36(34)47(42)45(39)49)38(44(46)48)30-16-20-32(21-17-30)52-27-26-51-25-24-50-3/h7-10,12-23,29H,4-6,11,24-28H2,1-3H3. The Morgan fingerprint density at radius 3 is 1.62 bits per heavy atom. The van der Waals surface area contributed by atoms with E-state index in [0.29, 0.717) is 55.8 Å². The van der Waals surface area contributed by atoms with Crippen LogP contribution in [0.5, 0.6) is 11.5 Å². The molecule has 0 fully saturated rings. The lowest BCUT2D eigenvalue weighted by atomic mass is 9.97. The Hall–Kier alpha value is -5.44. The minimum Gasteiger partial charge on any atom is -0.493 e. The van der Waals surface area contributed by atoms with Crippen molar-refractivity contribution in [1.29, 1.82) is 0 Å². The third kappa shape index (κ3) is 6.06. The molecule has 1 unspecified atom stereocenters. The maximum atomic E-state index is 15.0. The second kappa shape index (κ2) is 14.9. The van der Waals surface area contributed by atoms with Crippen molar-refractivity contribution in [2.75, 3.05) is 40.1 Å². The van der Waals surface area contributed by atoms with Gasteiger partial charge in [0, 0.05) is 28.7 Å². The van der Waals surface area contributed by atoms with E-state index in [1.54, 1.807) is 7.11 Å². The molecule has 270 valence electrons. The van der Waals surface area contributed by atoms with Crippen LogP contribution in [-0.4, -0.2) is 48.9 Å². The summed E-state index contributed by atoms with van der Waals surface area (Å²) in [7, 11) is 1.64. The monoisotopic (exact) mass is 708 g/mol. The number of pyridine rings is 2. The summed E-state index contributed by atoms with van der Waals surface area (Å²) < 4.78 is 26.3. The SMILES string of the molecule is CCCCC(CC)COc1ccc(-c2c(=O)n3c4ccccc4c4c(-c5ccc(OCCOCCOC)cc5)c(=O)n5c6ccccc6c2c5c43)cc1. The van der Waals surface area contributed by atoms with E-state index in [1.807, 2.05) is 106 Å². The zero-order valence-corrected chi connectivity index (χ0v) is 30.5. The summed E-state index contributed by atoms with van der Waals surface area (Å²) in [5, 5.41) is 3.27. The number of hydrogen-bond acceptors (Lipinski definition) is 6. The lowest BCUT2D eigenvalue weighted by Crippen LogP contribution is -2.20. The average molecular weight is 709 g/mol. The summed E-state index contributed by atoms with van der Waals surface area (Å²) in [6.45, 7) is 6.99. The lowest BCUT2D eigenvalue weighted by molar-refractivity contribution is 0.0544. The molecule has 8 heteroatoms. The topological polar surface area (TPSA) is 79.9 Å². The summed E-state index contributed by atoms with van der Waals surface area (Å²) in [5.41, 5.74) is 5.41. The molecule has 0 spiro atoms. The Labute approximate surface area is 307 Å². The quantitative estimate of drug-likeness (QED) is 0.0932. The fourth-order valence-electron chi connectivity index (χ4n) is 7.84. The van der Waals surface area contributed by atoms with E-state index in [2.05, 4.69) is 13.8 Å². The van der Waals surface area contributed by atoms with Gasteiger partial charge in [-0.1, -0.05) is 93.8 Å².